The van der Waals surface area contributed by atoms with Crippen molar-refractivity contribution in [3.05, 3.63) is 36.5 Å². The van der Waals surface area contributed by atoms with E-state index in [1.807, 2.05) is 19.1 Å². The van der Waals surface area contributed by atoms with Gasteiger partial charge in [-0.25, -0.2) is 0 Å². The molecular weight excluding hydrogens is 787 g/mol. The van der Waals surface area contributed by atoms with E-state index >= 15 is 0 Å². The predicted molar refractivity (Wildman–Crippen MR) is 235 cm³/mol. The molecule has 61 heavy (non-hydrogen) atoms. The van der Waals surface area contributed by atoms with Gasteiger partial charge >= 0.3 is 0 Å². The van der Waals surface area contributed by atoms with Gasteiger partial charge in [0, 0.05) is 6.42 Å². The van der Waals surface area contributed by atoms with Gasteiger partial charge in [0.25, 0.3) is 0 Å². The lowest BCUT2D eigenvalue weighted by Crippen LogP contribution is -2.65. The minimum Gasteiger partial charge on any atom is -0.394 e. The highest BCUT2D eigenvalue weighted by Crippen LogP contribution is 2.30. The van der Waals surface area contributed by atoms with Gasteiger partial charge < -0.3 is 65.1 Å². The summed E-state index contributed by atoms with van der Waals surface area (Å²) in [5.41, 5.74) is 0. The molecule has 0 aromatic rings. The summed E-state index contributed by atoms with van der Waals surface area (Å²) in [5, 5.41) is 86.3. The summed E-state index contributed by atoms with van der Waals surface area (Å²) in [4.78, 5) is 13.1. The third-order valence-electron chi connectivity index (χ3n) is 11.7. The predicted octanol–water partition coefficient (Wildman–Crippen LogP) is 5.15. The van der Waals surface area contributed by atoms with Crippen LogP contribution >= 0.6 is 0 Å². The number of nitrogens with one attached hydrogen (secondary N) is 1. The molecule has 14 nitrogen and oxygen atoms in total. The normalized spacial score (nSPS) is 28.3. The van der Waals surface area contributed by atoms with E-state index in [-0.39, 0.29) is 18.9 Å². The fourth-order valence-corrected chi connectivity index (χ4v) is 7.74. The number of unbranched alkanes of at least 4 members (excludes halogenated alkanes) is 19. The SMILES string of the molecule is C/C=C/CC/C=C/CC/C=C/C(O)C(COC1OC(CO)C(OC2OC(CO)C(O)C(O)C2O)C(O)C1O)NC(=O)CCCCCCCCCCCCCCCCCCCC. The van der Waals surface area contributed by atoms with Crippen LogP contribution in [0.15, 0.2) is 36.5 Å². The molecule has 2 aliphatic rings. The summed E-state index contributed by atoms with van der Waals surface area (Å²) in [6.45, 7) is 2.51. The average molecular weight is 872 g/mol. The molecule has 0 bridgehead atoms. The van der Waals surface area contributed by atoms with Crippen LogP contribution in [0.2, 0.25) is 0 Å². The Morgan fingerprint density at radius 1 is 0.607 bits per heavy atom. The summed E-state index contributed by atoms with van der Waals surface area (Å²) >= 11 is 0. The molecule has 1 amide bonds. The van der Waals surface area contributed by atoms with E-state index in [9.17, 15) is 45.6 Å². The van der Waals surface area contributed by atoms with Crippen molar-refractivity contribution in [1.82, 2.24) is 5.32 Å². The number of hydrogen-bond donors (Lipinski definition) is 9. The van der Waals surface area contributed by atoms with Crippen molar-refractivity contribution in [1.29, 1.82) is 0 Å². The largest absolute Gasteiger partial charge is 0.394 e. The van der Waals surface area contributed by atoms with Gasteiger partial charge in [-0.15, -0.1) is 0 Å². The van der Waals surface area contributed by atoms with Crippen LogP contribution in [0.5, 0.6) is 0 Å². The summed E-state index contributed by atoms with van der Waals surface area (Å²) in [7, 11) is 0. The lowest BCUT2D eigenvalue weighted by molar-refractivity contribution is -0.359. The minimum atomic E-state index is -1.79. The maximum atomic E-state index is 13.1. The minimum absolute atomic E-state index is 0.257. The first-order valence-corrected chi connectivity index (χ1v) is 23.7. The number of ether oxygens (including phenoxy) is 4. The number of hydrogen-bond acceptors (Lipinski definition) is 13. The van der Waals surface area contributed by atoms with Crippen LogP contribution in [0, 0.1) is 0 Å². The fourth-order valence-electron chi connectivity index (χ4n) is 7.74. The van der Waals surface area contributed by atoms with Gasteiger partial charge in [0.15, 0.2) is 12.6 Å². The number of aliphatic hydroxyl groups excluding tert-OH is 8. The molecule has 14 heteroatoms. The third-order valence-corrected chi connectivity index (χ3v) is 11.7. The van der Waals surface area contributed by atoms with Crippen molar-refractivity contribution in [2.24, 2.45) is 0 Å². The average Bonchev–Trinajstić information content (AvgIpc) is 3.26. The van der Waals surface area contributed by atoms with Gasteiger partial charge in [0.1, 0.15) is 48.8 Å². The maximum Gasteiger partial charge on any atom is 0.220 e. The highest BCUT2D eigenvalue weighted by Gasteiger charge is 2.50. The quantitative estimate of drug-likeness (QED) is 0.0297. The first-order chi connectivity index (χ1) is 29.6. The number of rotatable bonds is 35. The Morgan fingerprint density at radius 3 is 1.61 bits per heavy atom. The van der Waals surface area contributed by atoms with E-state index in [4.69, 9.17) is 18.9 Å². The molecule has 0 spiro atoms. The van der Waals surface area contributed by atoms with Gasteiger partial charge in [-0.1, -0.05) is 153 Å². The maximum absolute atomic E-state index is 13.1. The van der Waals surface area contributed by atoms with E-state index < -0.39 is 86.8 Å². The molecule has 12 unspecified atom stereocenters. The molecule has 2 saturated heterocycles. The second-order valence-electron chi connectivity index (χ2n) is 16.9. The van der Waals surface area contributed by atoms with Gasteiger partial charge in [-0.3, -0.25) is 4.79 Å². The molecule has 0 aliphatic carbocycles. The van der Waals surface area contributed by atoms with Crippen LogP contribution in [-0.4, -0.2) is 140 Å². The summed E-state index contributed by atoms with van der Waals surface area (Å²) in [5.74, 6) is -0.257. The van der Waals surface area contributed by atoms with Crippen molar-refractivity contribution in [3.8, 4) is 0 Å². The smallest absolute Gasteiger partial charge is 0.220 e. The van der Waals surface area contributed by atoms with E-state index in [2.05, 4.69) is 30.5 Å². The molecule has 0 aromatic carbocycles. The molecule has 2 rings (SSSR count). The van der Waals surface area contributed by atoms with Gasteiger partial charge in [0.05, 0.1) is 32.0 Å². The molecule has 356 valence electrons. The first kappa shape index (κ1) is 55.3. The molecule has 0 saturated carbocycles. The second kappa shape index (κ2) is 34.6. The van der Waals surface area contributed by atoms with Crippen molar-refractivity contribution < 1.29 is 64.6 Å². The van der Waals surface area contributed by atoms with E-state index in [1.165, 1.54) is 89.9 Å². The Labute approximate surface area is 366 Å². The van der Waals surface area contributed by atoms with E-state index in [0.717, 1.165) is 38.5 Å². The van der Waals surface area contributed by atoms with Crippen LogP contribution in [0.3, 0.4) is 0 Å². The number of carbonyl (C=O) groups excluding carboxylic acids is 1. The Hall–Kier alpha value is -1.79. The summed E-state index contributed by atoms with van der Waals surface area (Å²) < 4.78 is 22.6. The van der Waals surface area contributed by atoms with Gasteiger partial charge in [-0.05, 0) is 39.0 Å². The van der Waals surface area contributed by atoms with Crippen LogP contribution < -0.4 is 5.32 Å². The molecule has 2 heterocycles. The highest BCUT2D eigenvalue weighted by atomic mass is 16.7. The molecule has 2 fully saturated rings. The molecule has 2 aliphatic heterocycles. The standard InChI is InChI=1S/C47H85NO13/c1-3-5-7-9-11-13-14-15-16-17-18-19-20-21-23-25-27-29-31-39(52)48-35(36(51)30-28-26-24-22-12-10-8-6-4-2)34-58-46-44(57)42(55)45(38(33-50)60-46)61-47-43(56)41(54)40(53)37(32-49)59-47/h4,6,12,22,28,30,35-38,40-47,49-51,53-57H,3,5,7-11,13-21,23-27,29,31-34H2,1-2H3,(H,48,52)/b6-4+,22-12+,30-28+. The van der Waals surface area contributed by atoms with Crippen molar-refractivity contribution in [3.63, 3.8) is 0 Å². The number of amides is 1. The number of carbonyl (C=O) groups is 1. The van der Waals surface area contributed by atoms with Crippen LogP contribution in [0.1, 0.15) is 162 Å². The summed E-state index contributed by atoms with van der Waals surface area (Å²) in [6.07, 6.45) is 20.8. The molecule has 9 N–H and O–H groups in total. The molecule has 0 radical (unpaired) electrons. The topological polar surface area (TPSA) is 228 Å². The van der Waals surface area contributed by atoms with E-state index in [1.54, 1.807) is 6.08 Å². The van der Waals surface area contributed by atoms with E-state index in [0.29, 0.717) is 12.8 Å². The second-order valence-corrected chi connectivity index (χ2v) is 16.9. The molecule has 12 atom stereocenters. The highest BCUT2D eigenvalue weighted by molar-refractivity contribution is 5.76. The lowest BCUT2D eigenvalue weighted by atomic mass is 9.97. The van der Waals surface area contributed by atoms with Crippen molar-refractivity contribution >= 4 is 5.91 Å². The Kier molecular flexibility index (Phi) is 31.4. The zero-order chi connectivity index (χ0) is 44.7. The Bertz CT molecular complexity index is 1170. The fraction of sp³-hybridized carbons (Fsp3) is 0.851. The van der Waals surface area contributed by atoms with Crippen LogP contribution in [0.4, 0.5) is 0 Å². The number of allylic oxidation sites excluding steroid dienone is 5. The number of aliphatic hydroxyl groups is 8. The molecular formula is C47H85NO13. The Balaban J connectivity index is 1.83. The lowest BCUT2D eigenvalue weighted by Gasteiger charge is -2.46. The van der Waals surface area contributed by atoms with Gasteiger partial charge in [0.2, 0.25) is 5.91 Å². The zero-order valence-electron chi connectivity index (χ0n) is 37.4. The van der Waals surface area contributed by atoms with Crippen molar-refractivity contribution in [2.45, 2.75) is 235 Å². The summed E-state index contributed by atoms with van der Waals surface area (Å²) in [6, 6.07) is -0.931. The van der Waals surface area contributed by atoms with Crippen molar-refractivity contribution in [2.75, 3.05) is 19.8 Å². The van der Waals surface area contributed by atoms with Gasteiger partial charge in [-0.2, -0.15) is 0 Å². The van der Waals surface area contributed by atoms with Crippen LogP contribution in [0.25, 0.3) is 0 Å². The first-order valence-electron chi connectivity index (χ1n) is 23.7. The monoisotopic (exact) mass is 872 g/mol. The van der Waals surface area contributed by atoms with Crippen LogP contribution in [-0.2, 0) is 23.7 Å². The zero-order valence-corrected chi connectivity index (χ0v) is 37.4. The molecule has 0 aromatic heterocycles. The third kappa shape index (κ3) is 22.6. The Morgan fingerprint density at radius 2 is 1.08 bits per heavy atom.